The molecule has 0 N–H and O–H groups in total. The van der Waals surface area contributed by atoms with Crippen molar-refractivity contribution in [2.24, 2.45) is 0 Å². The second-order valence-electron chi connectivity index (χ2n) is 14.2. The van der Waals surface area contributed by atoms with Crippen LogP contribution < -0.4 is 0 Å². The van der Waals surface area contributed by atoms with Crippen molar-refractivity contribution in [2.45, 2.75) is 32.4 Å². The molecular formula is C55H39IrN4O. The summed E-state index contributed by atoms with van der Waals surface area (Å²) in [5, 5.41) is 1.77. The average molecular weight is 972 g/mol. The van der Waals surface area contributed by atoms with Crippen molar-refractivity contribution < 1.29 is 35.5 Å². The predicted octanol–water partition coefficient (Wildman–Crippen LogP) is 12.8. The molecule has 0 aliphatic carbocycles. The molecule has 0 radical (unpaired) electrons. The van der Waals surface area contributed by atoms with Gasteiger partial charge in [-0.2, -0.15) is 0 Å². The van der Waals surface area contributed by atoms with Gasteiger partial charge in [0.25, 0.3) is 0 Å². The molecule has 61 heavy (non-hydrogen) atoms. The van der Waals surface area contributed by atoms with Crippen molar-refractivity contribution in [1.82, 2.24) is 19.9 Å². The van der Waals surface area contributed by atoms with Crippen LogP contribution in [0, 0.1) is 25.1 Å². The van der Waals surface area contributed by atoms with Crippen molar-refractivity contribution in [3.8, 4) is 56.0 Å². The Morgan fingerprint density at radius 1 is 0.508 bits per heavy atom. The first-order valence-corrected chi connectivity index (χ1v) is 19.4. The summed E-state index contributed by atoms with van der Waals surface area (Å²) in [5.74, 6) is 0. The molecular weight excluding hydrogens is 925 g/mol. The standard InChI is InChI=1S/C55H39N4O.Ir/c1-37-19-27-49-48-17-10-18-50(54(48)60-55(49)59-37)53-30-26-44(36-58-53)46-15-8-9-16-47(46)45-32-40(22-20-38-24-28-51(56-34-38)42-11-4-2-5-12-42)31-41(33-45)23-21-39-25-29-52(57-35-39)43-13-6-3-7-14-43;/h2-11,13,15-17,19,24-36H,20-23H2,1H3;/q-3;+3/i20D2,21D2,22D2,23D2;. The Morgan fingerprint density at radius 2 is 1.10 bits per heavy atom. The van der Waals surface area contributed by atoms with Gasteiger partial charge in [-0.1, -0.05) is 89.8 Å². The van der Waals surface area contributed by atoms with E-state index < -0.39 is 25.5 Å². The number of pyridine rings is 4. The number of hydrogen-bond donors (Lipinski definition) is 0. The Bertz CT molecular complexity index is 3340. The summed E-state index contributed by atoms with van der Waals surface area (Å²) < 4.78 is 81.7. The van der Waals surface area contributed by atoms with Crippen LogP contribution in [-0.4, -0.2) is 19.9 Å². The van der Waals surface area contributed by atoms with Crippen molar-refractivity contribution in [1.29, 1.82) is 0 Å². The number of furan rings is 1. The first kappa shape index (κ1) is 31.1. The molecule has 0 saturated carbocycles. The maximum absolute atomic E-state index is 9.54. The fraction of sp³-hybridized carbons (Fsp3) is 0.0909. The van der Waals surface area contributed by atoms with E-state index in [0.717, 1.165) is 16.5 Å². The van der Waals surface area contributed by atoms with Gasteiger partial charge in [0.1, 0.15) is 0 Å². The molecule has 0 amide bonds. The van der Waals surface area contributed by atoms with Crippen LogP contribution in [0.5, 0.6) is 0 Å². The molecule has 0 spiro atoms. The molecule has 10 aromatic rings. The number of nitrogens with zero attached hydrogens (tertiary/aromatic N) is 4. The van der Waals surface area contributed by atoms with Crippen molar-refractivity contribution in [2.75, 3.05) is 0 Å². The summed E-state index contributed by atoms with van der Waals surface area (Å²) in [6.45, 7) is 1.91. The van der Waals surface area contributed by atoms with E-state index in [-0.39, 0.29) is 42.4 Å². The Labute approximate surface area is 380 Å². The van der Waals surface area contributed by atoms with Crippen LogP contribution in [0.2, 0.25) is 0 Å². The van der Waals surface area contributed by atoms with Gasteiger partial charge in [0, 0.05) is 40.6 Å². The van der Waals surface area contributed by atoms with Gasteiger partial charge in [-0.3, -0.25) is 0 Å². The van der Waals surface area contributed by atoms with E-state index in [1.807, 2.05) is 97.9 Å². The van der Waals surface area contributed by atoms with Gasteiger partial charge in [0.2, 0.25) is 5.71 Å². The first-order chi connectivity index (χ1) is 32.6. The molecule has 0 aliphatic heterocycles. The van der Waals surface area contributed by atoms with Gasteiger partial charge < -0.3 is 19.4 Å². The molecule has 0 fully saturated rings. The van der Waals surface area contributed by atoms with E-state index in [9.17, 15) is 11.0 Å². The topological polar surface area (TPSA) is 64.7 Å². The maximum atomic E-state index is 9.54. The molecule has 0 bridgehead atoms. The average Bonchev–Trinajstić information content (AvgIpc) is 3.74. The Balaban J connectivity index is 0.00000593. The van der Waals surface area contributed by atoms with Gasteiger partial charge in [-0.25, -0.2) is 4.98 Å². The summed E-state index contributed by atoms with van der Waals surface area (Å²) in [6, 6.07) is 53.2. The largest absolute Gasteiger partial charge is 3.00 e. The quantitative estimate of drug-likeness (QED) is 0.121. The van der Waals surface area contributed by atoms with E-state index in [1.54, 1.807) is 36.5 Å². The van der Waals surface area contributed by atoms with Gasteiger partial charge in [0.05, 0.1) is 5.58 Å². The molecule has 6 heteroatoms. The summed E-state index contributed by atoms with van der Waals surface area (Å²) in [7, 11) is 0. The molecule has 294 valence electrons. The van der Waals surface area contributed by atoms with Crippen molar-refractivity contribution >= 4 is 22.1 Å². The number of benzene rings is 5. The third kappa shape index (κ3) is 8.60. The SMILES string of the molecule is [2H]C([2H])(c1ccc(-c2[c-]cccc2)nc1)C([2H])([2H])c1cc(-c2ccccc2-c2ccc(-c3[c-]ccc4c3oc3nc(C)ccc34)nc2)cc(C([2H])([2H])C([2H])([2H])c2ccc(-c3[c-]cccc3)nc2)c1.[Ir+3]. The minimum atomic E-state index is -2.81. The molecule has 0 atom stereocenters. The fourth-order valence-corrected chi connectivity index (χ4v) is 7.17. The fourth-order valence-electron chi connectivity index (χ4n) is 7.17. The Hall–Kier alpha value is -6.85. The van der Waals surface area contributed by atoms with Crippen LogP contribution in [0.1, 0.15) is 38.9 Å². The molecule has 5 nitrogen and oxygen atoms in total. The predicted molar refractivity (Wildman–Crippen MR) is 241 cm³/mol. The third-order valence-corrected chi connectivity index (χ3v) is 10.1. The summed E-state index contributed by atoms with van der Waals surface area (Å²) in [5.41, 5.74) is 7.45. The Kier molecular flexibility index (Phi) is 9.06. The van der Waals surface area contributed by atoms with Crippen LogP contribution in [0.4, 0.5) is 0 Å². The number of rotatable bonds is 11. The van der Waals surface area contributed by atoms with E-state index in [4.69, 9.17) is 9.40 Å². The van der Waals surface area contributed by atoms with Crippen molar-refractivity contribution in [3.05, 3.63) is 216 Å². The second-order valence-corrected chi connectivity index (χ2v) is 14.2. The zero-order valence-electron chi connectivity index (χ0n) is 40.7. The molecule has 5 aromatic carbocycles. The monoisotopic (exact) mass is 972 g/mol. The summed E-state index contributed by atoms with van der Waals surface area (Å²) >= 11 is 0. The van der Waals surface area contributed by atoms with Crippen LogP contribution in [0.25, 0.3) is 78.1 Å². The van der Waals surface area contributed by atoms with E-state index in [1.165, 1.54) is 42.7 Å². The van der Waals surface area contributed by atoms with Gasteiger partial charge in [-0.15, -0.1) is 90.0 Å². The van der Waals surface area contributed by atoms with Gasteiger partial charge >= 0.3 is 20.1 Å². The molecule has 0 aliphatic rings. The smallest absolute Gasteiger partial charge is 0.486 e. The second kappa shape index (κ2) is 17.8. The number of aromatic nitrogens is 4. The van der Waals surface area contributed by atoms with Crippen LogP contribution in [0.15, 0.2) is 175 Å². The molecule has 5 aromatic heterocycles. The van der Waals surface area contributed by atoms with Gasteiger partial charge in [0.15, 0.2) is 0 Å². The van der Waals surface area contributed by atoms with Crippen molar-refractivity contribution in [3.63, 3.8) is 0 Å². The Morgan fingerprint density at radius 3 is 1.67 bits per heavy atom. The van der Waals surface area contributed by atoms with Gasteiger partial charge in [-0.05, 0) is 106 Å². The van der Waals surface area contributed by atoms with Crippen LogP contribution in [-0.2, 0) is 45.6 Å². The van der Waals surface area contributed by atoms with E-state index >= 15 is 0 Å². The minimum absolute atomic E-state index is 0. The number of fused-ring (bicyclic) bond motifs is 3. The number of aryl methyl sites for hydroxylation is 5. The molecule has 10 rings (SSSR count). The number of hydrogen-bond acceptors (Lipinski definition) is 5. The third-order valence-electron chi connectivity index (χ3n) is 10.1. The summed E-state index contributed by atoms with van der Waals surface area (Å²) in [4.78, 5) is 18.3. The van der Waals surface area contributed by atoms with E-state index in [0.29, 0.717) is 67.3 Å². The zero-order chi connectivity index (χ0) is 47.4. The normalized spacial score (nSPS) is 14.0. The van der Waals surface area contributed by atoms with Crippen LogP contribution >= 0.6 is 0 Å². The molecule has 5 heterocycles. The van der Waals surface area contributed by atoms with Crippen LogP contribution in [0.3, 0.4) is 0 Å². The first-order valence-electron chi connectivity index (χ1n) is 23.4. The molecule has 0 unspecified atom stereocenters. The molecule has 0 saturated heterocycles. The minimum Gasteiger partial charge on any atom is -0.486 e. The zero-order valence-corrected chi connectivity index (χ0v) is 35.1. The maximum Gasteiger partial charge on any atom is 3.00 e. The van der Waals surface area contributed by atoms with E-state index in [2.05, 4.69) is 33.2 Å². The summed E-state index contributed by atoms with van der Waals surface area (Å²) in [6.07, 6.45) is -6.71.